The van der Waals surface area contributed by atoms with E-state index < -0.39 is 5.97 Å². The van der Waals surface area contributed by atoms with Gasteiger partial charge in [0.2, 0.25) is 5.91 Å². The molecule has 1 unspecified atom stereocenters. The second-order valence-electron chi connectivity index (χ2n) is 4.86. The van der Waals surface area contributed by atoms with Crippen LogP contribution in [0.2, 0.25) is 0 Å². The van der Waals surface area contributed by atoms with E-state index in [0.29, 0.717) is 25.9 Å². The van der Waals surface area contributed by atoms with Gasteiger partial charge in [0.25, 0.3) is 0 Å². The van der Waals surface area contributed by atoms with Crippen molar-refractivity contribution >= 4 is 17.9 Å². The van der Waals surface area contributed by atoms with Crippen molar-refractivity contribution < 1.29 is 19.5 Å². The highest BCUT2D eigenvalue weighted by atomic mass is 16.4. The van der Waals surface area contributed by atoms with Crippen molar-refractivity contribution in [3.05, 3.63) is 35.4 Å². The number of hydrogen-bond acceptors (Lipinski definition) is 3. The third kappa shape index (κ3) is 4.48. The number of rotatable bonds is 5. The van der Waals surface area contributed by atoms with Crippen LogP contribution in [-0.2, 0) is 11.2 Å². The van der Waals surface area contributed by atoms with Crippen LogP contribution in [-0.4, -0.2) is 42.1 Å². The molecule has 1 saturated heterocycles. The molecular formula is C14H17N3O4. The molecule has 1 aliphatic rings. The SMILES string of the molecule is O=C1CC(NC(=O)NCCc2ccc(C(=O)O)cc2)CN1. The van der Waals surface area contributed by atoms with Crippen molar-refractivity contribution in [2.45, 2.75) is 18.9 Å². The predicted octanol–water partition coefficient (Wildman–Crippen LogP) is 0.115. The smallest absolute Gasteiger partial charge is 0.335 e. The molecule has 1 aromatic carbocycles. The molecule has 21 heavy (non-hydrogen) atoms. The maximum absolute atomic E-state index is 11.6. The van der Waals surface area contributed by atoms with Gasteiger partial charge in [-0.25, -0.2) is 9.59 Å². The fourth-order valence-corrected chi connectivity index (χ4v) is 2.08. The van der Waals surface area contributed by atoms with Gasteiger partial charge in [0.1, 0.15) is 0 Å². The summed E-state index contributed by atoms with van der Waals surface area (Å²) in [5.74, 6) is -1.02. The van der Waals surface area contributed by atoms with Crippen LogP contribution in [0, 0.1) is 0 Å². The topological polar surface area (TPSA) is 108 Å². The Bertz CT molecular complexity index is 542. The van der Waals surface area contributed by atoms with Crippen LogP contribution >= 0.6 is 0 Å². The number of carbonyl (C=O) groups excluding carboxylic acids is 2. The Morgan fingerprint density at radius 2 is 2.00 bits per heavy atom. The number of hydrogen-bond donors (Lipinski definition) is 4. The summed E-state index contributed by atoms with van der Waals surface area (Å²) in [5, 5.41) is 16.8. The van der Waals surface area contributed by atoms with E-state index in [9.17, 15) is 14.4 Å². The summed E-state index contributed by atoms with van der Waals surface area (Å²) in [6.07, 6.45) is 0.916. The van der Waals surface area contributed by atoms with Gasteiger partial charge >= 0.3 is 12.0 Å². The van der Waals surface area contributed by atoms with Gasteiger partial charge in [-0.2, -0.15) is 0 Å². The Labute approximate surface area is 121 Å². The Morgan fingerprint density at radius 3 is 2.57 bits per heavy atom. The standard InChI is InChI=1S/C14H17N3O4/c18-12-7-11(8-16-12)17-14(21)15-6-5-9-1-3-10(4-2-9)13(19)20/h1-4,11H,5-8H2,(H,16,18)(H,19,20)(H2,15,17,21). The van der Waals surface area contributed by atoms with Crippen molar-refractivity contribution in [1.29, 1.82) is 0 Å². The largest absolute Gasteiger partial charge is 0.478 e. The Hall–Kier alpha value is -2.57. The average Bonchev–Trinajstić information content (AvgIpc) is 2.84. The summed E-state index contributed by atoms with van der Waals surface area (Å²) in [4.78, 5) is 33.3. The van der Waals surface area contributed by atoms with Crippen molar-refractivity contribution in [3.8, 4) is 0 Å². The molecule has 0 aromatic heterocycles. The van der Waals surface area contributed by atoms with Crippen molar-refractivity contribution in [3.63, 3.8) is 0 Å². The quantitative estimate of drug-likeness (QED) is 0.617. The fourth-order valence-electron chi connectivity index (χ4n) is 2.08. The highest BCUT2D eigenvalue weighted by Gasteiger charge is 2.22. The van der Waals surface area contributed by atoms with Crippen LogP contribution in [0.3, 0.4) is 0 Å². The predicted molar refractivity (Wildman–Crippen MR) is 75.1 cm³/mol. The number of nitrogens with one attached hydrogen (secondary N) is 3. The van der Waals surface area contributed by atoms with E-state index in [1.165, 1.54) is 12.1 Å². The second kappa shape index (κ2) is 6.74. The van der Waals surface area contributed by atoms with E-state index in [1.54, 1.807) is 12.1 Å². The van der Waals surface area contributed by atoms with Crippen molar-refractivity contribution in [2.24, 2.45) is 0 Å². The monoisotopic (exact) mass is 291 g/mol. The molecule has 0 aliphatic carbocycles. The summed E-state index contributed by atoms with van der Waals surface area (Å²) < 4.78 is 0. The summed E-state index contributed by atoms with van der Waals surface area (Å²) in [7, 11) is 0. The van der Waals surface area contributed by atoms with Crippen LogP contribution in [0.25, 0.3) is 0 Å². The van der Waals surface area contributed by atoms with Gasteiger partial charge in [-0.1, -0.05) is 12.1 Å². The molecule has 1 atom stereocenters. The lowest BCUT2D eigenvalue weighted by Gasteiger charge is -2.11. The zero-order chi connectivity index (χ0) is 15.2. The first-order chi connectivity index (χ1) is 10.0. The third-order valence-corrected chi connectivity index (χ3v) is 3.21. The van der Waals surface area contributed by atoms with Gasteiger partial charge in [0.05, 0.1) is 11.6 Å². The summed E-state index contributed by atoms with van der Waals surface area (Å²) in [5.41, 5.74) is 1.18. The molecule has 1 fully saturated rings. The molecule has 0 saturated carbocycles. The van der Waals surface area contributed by atoms with E-state index >= 15 is 0 Å². The van der Waals surface area contributed by atoms with Gasteiger partial charge in [0.15, 0.2) is 0 Å². The lowest BCUT2D eigenvalue weighted by molar-refractivity contribution is -0.119. The molecule has 2 rings (SSSR count). The number of carbonyl (C=O) groups is 3. The minimum Gasteiger partial charge on any atom is -0.478 e. The molecule has 0 spiro atoms. The molecule has 7 nitrogen and oxygen atoms in total. The Balaban J connectivity index is 1.70. The number of urea groups is 1. The zero-order valence-electron chi connectivity index (χ0n) is 11.4. The number of amides is 3. The molecular weight excluding hydrogens is 274 g/mol. The average molecular weight is 291 g/mol. The summed E-state index contributed by atoms with van der Waals surface area (Å²) in [6.45, 7) is 0.898. The molecule has 0 bridgehead atoms. The van der Waals surface area contributed by atoms with Crippen molar-refractivity contribution in [1.82, 2.24) is 16.0 Å². The van der Waals surface area contributed by atoms with E-state index in [0.717, 1.165) is 5.56 Å². The third-order valence-electron chi connectivity index (χ3n) is 3.21. The van der Waals surface area contributed by atoms with Crippen LogP contribution in [0.15, 0.2) is 24.3 Å². The van der Waals surface area contributed by atoms with E-state index in [4.69, 9.17) is 5.11 Å². The van der Waals surface area contributed by atoms with Gasteiger partial charge in [-0.3, -0.25) is 4.79 Å². The Kier molecular flexibility index (Phi) is 4.76. The van der Waals surface area contributed by atoms with Gasteiger partial charge in [-0.05, 0) is 24.1 Å². The molecule has 3 amide bonds. The molecule has 0 radical (unpaired) electrons. The lowest BCUT2D eigenvalue weighted by atomic mass is 10.1. The highest BCUT2D eigenvalue weighted by Crippen LogP contribution is 2.05. The number of carboxylic acid groups (broad SMARTS) is 1. The van der Waals surface area contributed by atoms with Crippen LogP contribution in [0.4, 0.5) is 4.79 Å². The molecule has 112 valence electrons. The lowest BCUT2D eigenvalue weighted by Crippen LogP contribution is -2.43. The zero-order valence-corrected chi connectivity index (χ0v) is 11.4. The first-order valence-electron chi connectivity index (χ1n) is 6.68. The molecule has 1 heterocycles. The minimum atomic E-state index is -0.959. The second-order valence-corrected chi connectivity index (χ2v) is 4.86. The molecule has 1 aliphatic heterocycles. The van der Waals surface area contributed by atoms with Crippen LogP contribution in [0.5, 0.6) is 0 Å². The maximum Gasteiger partial charge on any atom is 0.335 e. The summed E-state index contributed by atoms with van der Waals surface area (Å²) >= 11 is 0. The number of carboxylic acids is 1. The number of aromatic carboxylic acids is 1. The van der Waals surface area contributed by atoms with E-state index in [2.05, 4.69) is 16.0 Å². The van der Waals surface area contributed by atoms with Gasteiger partial charge in [-0.15, -0.1) is 0 Å². The summed E-state index contributed by atoms with van der Waals surface area (Å²) in [6, 6.07) is 6.05. The number of benzene rings is 1. The first kappa shape index (κ1) is 14.8. The van der Waals surface area contributed by atoms with Gasteiger partial charge in [0, 0.05) is 19.5 Å². The van der Waals surface area contributed by atoms with E-state index in [-0.39, 0.29) is 23.5 Å². The molecule has 4 N–H and O–H groups in total. The normalized spacial score (nSPS) is 17.1. The van der Waals surface area contributed by atoms with Crippen molar-refractivity contribution in [2.75, 3.05) is 13.1 Å². The Morgan fingerprint density at radius 1 is 1.29 bits per heavy atom. The van der Waals surface area contributed by atoms with E-state index in [1.807, 2.05) is 0 Å². The van der Waals surface area contributed by atoms with Crippen LogP contribution < -0.4 is 16.0 Å². The maximum atomic E-state index is 11.6. The minimum absolute atomic E-state index is 0.0566. The van der Waals surface area contributed by atoms with Gasteiger partial charge < -0.3 is 21.1 Å². The molecule has 7 heteroatoms. The van der Waals surface area contributed by atoms with Crippen LogP contribution in [0.1, 0.15) is 22.3 Å². The fraction of sp³-hybridized carbons (Fsp3) is 0.357. The highest BCUT2D eigenvalue weighted by molar-refractivity contribution is 5.87. The molecule has 1 aromatic rings. The first-order valence-corrected chi connectivity index (χ1v) is 6.68.